The molecule has 1 aromatic rings. The average molecular weight is 379 g/mol. The summed E-state index contributed by atoms with van der Waals surface area (Å²) in [5.74, 6) is 1.75. The molecule has 3 N–H and O–H groups in total. The van der Waals surface area contributed by atoms with Crippen molar-refractivity contribution >= 4 is 35.6 Å². The third-order valence-electron chi connectivity index (χ3n) is 2.45. The highest BCUT2D eigenvalue weighted by Gasteiger charge is 2.04. The number of nitrogens with one attached hydrogen (secondary N) is 1. The van der Waals surface area contributed by atoms with Gasteiger partial charge in [0, 0.05) is 18.3 Å². The van der Waals surface area contributed by atoms with Crippen molar-refractivity contribution in [1.29, 1.82) is 0 Å². The molecule has 0 unspecified atom stereocenters. The smallest absolute Gasteiger partial charge is 0.193 e. The second-order valence-corrected chi connectivity index (χ2v) is 3.82. The molecule has 0 bridgehead atoms. The van der Waals surface area contributed by atoms with Crippen LogP contribution in [0.1, 0.15) is 19.8 Å². The van der Waals surface area contributed by atoms with Gasteiger partial charge in [-0.15, -0.1) is 24.0 Å². The highest BCUT2D eigenvalue weighted by molar-refractivity contribution is 14.0. The van der Waals surface area contributed by atoms with E-state index in [4.69, 9.17) is 15.2 Å². The number of halogens is 1. The van der Waals surface area contributed by atoms with E-state index in [9.17, 15) is 0 Å². The zero-order chi connectivity index (χ0) is 13.4. The van der Waals surface area contributed by atoms with Gasteiger partial charge in [0.05, 0.1) is 14.2 Å². The van der Waals surface area contributed by atoms with Gasteiger partial charge in [0.1, 0.15) is 0 Å². The SMILES string of the molecule is CCCCN=C(N)Nc1ccc(OC)c(OC)c1.I. The van der Waals surface area contributed by atoms with Crippen LogP contribution in [0.4, 0.5) is 5.69 Å². The standard InChI is InChI=1S/C13H21N3O2.HI/c1-4-5-8-15-13(14)16-10-6-7-11(17-2)12(9-10)18-3;/h6-7,9H,4-5,8H2,1-3H3,(H3,14,15,16);1H. The third kappa shape index (κ3) is 6.00. The van der Waals surface area contributed by atoms with Gasteiger partial charge in [-0.25, -0.2) is 0 Å². The predicted octanol–water partition coefficient (Wildman–Crippen LogP) is 2.85. The van der Waals surface area contributed by atoms with Crippen molar-refractivity contribution in [2.24, 2.45) is 10.7 Å². The fraction of sp³-hybridized carbons (Fsp3) is 0.462. The van der Waals surface area contributed by atoms with Gasteiger partial charge in [-0.1, -0.05) is 13.3 Å². The van der Waals surface area contributed by atoms with E-state index in [2.05, 4.69) is 17.2 Å². The molecule has 5 nitrogen and oxygen atoms in total. The van der Waals surface area contributed by atoms with E-state index >= 15 is 0 Å². The van der Waals surface area contributed by atoms with Crippen LogP contribution in [0.5, 0.6) is 11.5 Å². The number of unbranched alkanes of at least 4 members (excludes halogenated alkanes) is 1. The molecule has 0 aliphatic heterocycles. The van der Waals surface area contributed by atoms with E-state index in [0.29, 0.717) is 17.5 Å². The zero-order valence-corrected chi connectivity index (χ0v) is 13.9. The number of benzene rings is 1. The summed E-state index contributed by atoms with van der Waals surface area (Å²) in [5, 5.41) is 3.02. The quantitative estimate of drug-likeness (QED) is 0.345. The summed E-state index contributed by atoms with van der Waals surface area (Å²) >= 11 is 0. The first-order valence-corrected chi connectivity index (χ1v) is 6.00. The van der Waals surface area contributed by atoms with E-state index in [1.807, 2.05) is 18.2 Å². The minimum Gasteiger partial charge on any atom is -0.493 e. The van der Waals surface area contributed by atoms with Gasteiger partial charge in [-0.2, -0.15) is 0 Å². The summed E-state index contributed by atoms with van der Waals surface area (Å²) in [4.78, 5) is 4.22. The Morgan fingerprint density at radius 1 is 1.26 bits per heavy atom. The number of methoxy groups -OCH3 is 2. The Balaban J connectivity index is 0.00000324. The molecule has 108 valence electrons. The Morgan fingerprint density at radius 2 is 1.95 bits per heavy atom. The summed E-state index contributed by atoms with van der Waals surface area (Å²) in [6.07, 6.45) is 2.14. The van der Waals surface area contributed by atoms with Crippen LogP contribution in [-0.2, 0) is 0 Å². The van der Waals surface area contributed by atoms with Crippen molar-refractivity contribution in [1.82, 2.24) is 0 Å². The van der Waals surface area contributed by atoms with Gasteiger partial charge in [0.2, 0.25) is 0 Å². The lowest BCUT2D eigenvalue weighted by atomic mass is 10.3. The molecule has 19 heavy (non-hydrogen) atoms. The van der Waals surface area contributed by atoms with Crippen LogP contribution in [0.25, 0.3) is 0 Å². The number of nitrogens with two attached hydrogens (primary N) is 1. The fourth-order valence-corrected chi connectivity index (χ4v) is 1.46. The van der Waals surface area contributed by atoms with Crippen LogP contribution < -0.4 is 20.5 Å². The Labute approximate surface area is 131 Å². The van der Waals surface area contributed by atoms with Crippen molar-refractivity contribution in [2.45, 2.75) is 19.8 Å². The molecule has 0 fully saturated rings. The minimum absolute atomic E-state index is 0. The molecular formula is C13H22IN3O2. The number of hydrogen-bond donors (Lipinski definition) is 2. The highest BCUT2D eigenvalue weighted by Crippen LogP contribution is 2.29. The monoisotopic (exact) mass is 379 g/mol. The van der Waals surface area contributed by atoms with Crippen LogP contribution in [0.15, 0.2) is 23.2 Å². The number of aliphatic imine (C=N–C) groups is 1. The molecule has 0 heterocycles. The Kier molecular flexibility index (Phi) is 9.11. The lowest BCUT2D eigenvalue weighted by molar-refractivity contribution is 0.355. The second kappa shape index (κ2) is 9.71. The number of hydrogen-bond acceptors (Lipinski definition) is 3. The predicted molar refractivity (Wildman–Crippen MR) is 90.0 cm³/mol. The lowest BCUT2D eigenvalue weighted by Gasteiger charge is -2.10. The lowest BCUT2D eigenvalue weighted by Crippen LogP contribution is -2.22. The number of nitrogens with zero attached hydrogens (tertiary/aromatic N) is 1. The maximum absolute atomic E-state index is 5.78. The molecule has 0 atom stereocenters. The molecule has 0 radical (unpaired) electrons. The topological polar surface area (TPSA) is 68.9 Å². The number of anilines is 1. The Morgan fingerprint density at radius 3 is 2.53 bits per heavy atom. The summed E-state index contributed by atoms with van der Waals surface area (Å²) in [6, 6.07) is 5.51. The van der Waals surface area contributed by atoms with Gasteiger partial charge in [-0.05, 0) is 18.6 Å². The fourth-order valence-electron chi connectivity index (χ4n) is 1.46. The van der Waals surface area contributed by atoms with Crippen LogP contribution in [-0.4, -0.2) is 26.7 Å². The van der Waals surface area contributed by atoms with Crippen LogP contribution in [0.2, 0.25) is 0 Å². The molecular weight excluding hydrogens is 357 g/mol. The van der Waals surface area contributed by atoms with Gasteiger partial charge < -0.3 is 20.5 Å². The Bertz CT molecular complexity index is 411. The largest absolute Gasteiger partial charge is 0.493 e. The molecule has 0 aliphatic rings. The van der Waals surface area contributed by atoms with Gasteiger partial charge in [0.15, 0.2) is 17.5 Å². The zero-order valence-electron chi connectivity index (χ0n) is 11.6. The first-order chi connectivity index (χ1) is 8.71. The number of rotatable bonds is 6. The molecule has 0 aliphatic carbocycles. The maximum Gasteiger partial charge on any atom is 0.193 e. The Hall–Kier alpha value is -1.18. The summed E-state index contributed by atoms with van der Waals surface area (Å²) in [5.41, 5.74) is 6.60. The van der Waals surface area contributed by atoms with E-state index in [-0.39, 0.29) is 24.0 Å². The van der Waals surface area contributed by atoms with Gasteiger partial charge in [-0.3, -0.25) is 4.99 Å². The van der Waals surface area contributed by atoms with Crippen molar-refractivity contribution in [3.8, 4) is 11.5 Å². The highest BCUT2D eigenvalue weighted by atomic mass is 127. The second-order valence-electron chi connectivity index (χ2n) is 3.82. The molecule has 0 saturated heterocycles. The minimum atomic E-state index is 0. The third-order valence-corrected chi connectivity index (χ3v) is 2.45. The average Bonchev–Trinajstić information content (AvgIpc) is 2.39. The molecule has 6 heteroatoms. The van der Waals surface area contributed by atoms with Gasteiger partial charge in [0.25, 0.3) is 0 Å². The van der Waals surface area contributed by atoms with Crippen LogP contribution >= 0.6 is 24.0 Å². The van der Waals surface area contributed by atoms with Crippen molar-refractivity contribution < 1.29 is 9.47 Å². The molecule has 1 rings (SSSR count). The first-order valence-electron chi connectivity index (χ1n) is 6.00. The molecule has 1 aromatic carbocycles. The van der Waals surface area contributed by atoms with E-state index in [1.54, 1.807) is 14.2 Å². The summed E-state index contributed by atoms with van der Waals surface area (Å²) in [6.45, 7) is 2.86. The number of ether oxygens (including phenoxy) is 2. The van der Waals surface area contributed by atoms with Gasteiger partial charge >= 0.3 is 0 Å². The first kappa shape index (κ1) is 17.8. The molecule has 0 saturated carbocycles. The van der Waals surface area contributed by atoms with E-state index < -0.39 is 0 Å². The normalized spacial score (nSPS) is 10.6. The summed E-state index contributed by atoms with van der Waals surface area (Å²) in [7, 11) is 3.20. The van der Waals surface area contributed by atoms with E-state index in [1.165, 1.54) is 0 Å². The molecule has 0 amide bonds. The van der Waals surface area contributed by atoms with Crippen molar-refractivity contribution in [3.05, 3.63) is 18.2 Å². The van der Waals surface area contributed by atoms with E-state index in [0.717, 1.165) is 25.1 Å². The summed E-state index contributed by atoms with van der Waals surface area (Å²) < 4.78 is 10.4. The van der Waals surface area contributed by atoms with Crippen molar-refractivity contribution in [3.63, 3.8) is 0 Å². The maximum atomic E-state index is 5.78. The van der Waals surface area contributed by atoms with Crippen LogP contribution in [0, 0.1) is 0 Å². The molecule has 0 spiro atoms. The van der Waals surface area contributed by atoms with Crippen LogP contribution in [0.3, 0.4) is 0 Å². The number of guanidine groups is 1. The molecule has 0 aromatic heterocycles. The van der Waals surface area contributed by atoms with Crippen molar-refractivity contribution in [2.75, 3.05) is 26.1 Å².